The summed E-state index contributed by atoms with van der Waals surface area (Å²) in [7, 11) is 3.62. The number of fused-ring (bicyclic) bond motifs is 1. The minimum Gasteiger partial charge on any atom is -0.497 e. The van der Waals surface area contributed by atoms with Crippen molar-refractivity contribution < 1.29 is 24.1 Å². The number of rotatable bonds is 9. The molecule has 0 spiro atoms. The van der Waals surface area contributed by atoms with Gasteiger partial charge in [-0.25, -0.2) is 0 Å². The highest BCUT2D eigenvalue weighted by atomic mass is 16.6. The average Bonchev–Trinajstić information content (AvgIpc) is 2.68. The first-order valence-corrected chi connectivity index (χ1v) is 9.10. The number of nitrogens with zero attached hydrogens (tertiary/aromatic N) is 1. The maximum absolute atomic E-state index is 10.2. The molecule has 0 fully saturated rings. The number of hydrogen-bond acceptors (Lipinski definition) is 6. The second-order valence-electron chi connectivity index (χ2n) is 6.69. The van der Waals surface area contributed by atoms with Crippen molar-refractivity contribution in [3.63, 3.8) is 0 Å². The predicted octanol–water partition coefficient (Wildman–Crippen LogP) is 2.48. The van der Waals surface area contributed by atoms with Crippen molar-refractivity contribution >= 4 is 0 Å². The molecule has 146 valence electrons. The van der Waals surface area contributed by atoms with Crippen molar-refractivity contribution in [2.45, 2.75) is 19.3 Å². The first-order chi connectivity index (χ1) is 13.1. The van der Waals surface area contributed by atoms with Gasteiger partial charge in [-0.15, -0.1) is 0 Å². The van der Waals surface area contributed by atoms with Gasteiger partial charge in [0.05, 0.1) is 26.4 Å². The van der Waals surface area contributed by atoms with E-state index in [-0.39, 0.29) is 6.61 Å². The number of likely N-dealkylation sites (N-methyl/N-ethyl adjacent to an activating group) is 1. The molecule has 1 atom stereocenters. The molecule has 0 saturated heterocycles. The molecule has 0 unspecified atom stereocenters. The van der Waals surface area contributed by atoms with Crippen LogP contribution < -0.4 is 14.2 Å². The first kappa shape index (κ1) is 19.5. The van der Waals surface area contributed by atoms with Gasteiger partial charge in [-0.2, -0.15) is 0 Å². The standard InChI is InChI=1S/C21H27NO5/c1-22(12-17-5-8-20-21(11-17)27-10-9-26-20)13-18(23)15-25-14-16-3-6-19(24-2)7-4-16/h3-8,11,18,23H,9-10,12-15H2,1-2H3/t18-/m1/s1. The van der Waals surface area contributed by atoms with Crippen LogP contribution in [0.5, 0.6) is 17.2 Å². The fourth-order valence-corrected chi connectivity index (χ4v) is 3.01. The molecule has 0 radical (unpaired) electrons. The Morgan fingerprint density at radius 2 is 1.74 bits per heavy atom. The molecule has 6 nitrogen and oxygen atoms in total. The molecule has 2 aromatic rings. The third kappa shape index (κ3) is 5.85. The van der Waals surface area contributed by atoms with E-state index < -0.39 is 6.10 Å². The Hall–Kier alpha value is -2.28. The minimum absolute atomic E-state index is 0.289. The smallest absolute Gasteiger partial charge is 0.161 e. The molecule has 0 aromatic heterocycles. The lowest BCUT2D eigenvalue weighted by atomic mass is 10.1. The lowest BCUT2D eigenvalue weighted by molar-refractivity contribution is 0.0127. The van der Waals surface area contributed by atoms with Crippen LogP contribution in [-0.2, 0) is 17.9 Å². The summed E-state index contributed by atoms with van der Waals surface area (Å²) in [5, 5.41) is 10.2. The molecular weight excluding hydrogens is 346 g/mol. The van der Waals surface area contributed by atoms with Crippen LogP contribution in [0.2, 0.25) is 0 Å². The highest BCUT2D eigenvalue weighted by Crippen LogP contribution is 2.31. The lowest BCUT2D eigenvalue weighted by Crippen LogP contribution is -2.31. The second-order valence-corrected chi connectivity index (χ2v) is 6.69. The minimum atomic E-state index is -0.551. The number of aliphatic hydroxyl groups is 1. The van der Waals surface area contributed by atoms with Crippen LogP contribution in [0.15, 0.2) is 42.5 Å². The Morgan fingerprint density at radius 3 is 2.48 bits per heavy atom. The number of methoxy groups -OCH3 is 1. The molecule has 1 N–H and O–H groups in total. The number of ether oxygens (including phenoxy) is 4. The highest BCUT2D eigenvalue weighted by Gasteiger charge is 2.14. The third-order valence-corrected chi connectivity index (χ3v) is 4.32. The summed E-state index contributed by atoms with van der Waals surface area (Å²) >= 11 is 0. The van der Waals surface area contributed by atoms with Crippen LogP contribution in [0.4, 0.5) is 0 Å². The van der Waals surface area contributed by atoms with Crippen LogP contribution in [-0.4, -0.2) is 56.6 Å². The second kappa shape index (κ2) is 9.60. The van der Waals surface area contributed by atoms with Crippen molar-refractivity contribution in [3.05, 3.63) is 53.6 Å². The predicted molar refractivity (Wildman–Crippen MR) is 102 cm³/mol. The molecule has 1 aliphatic rings. The average molecular weight is 373 g/mol. The van der Waals surface area contributed by atoms with E-state index >= 15 is 0 Å². The quantitative estimate of drug-likeness (QED) is 0.729. The summed E-state index contributed by atoms with van der Waals surface area (Å²) in [5.74, 6) is 2.40. The summed E-state index contributed by atoms with van der Waals surface area (Å²) < 4.78 is 21.9. The summed E-state index contributed by atoms with van der Waals surface area (Å²) in [4.78, 5) is 2.06. The molecule has 2 aromatic carbocycles. The van der Waals surface area contributed by atoms with Crippen LogP contribution in [0, 0.1) is 0 Å². The molecule has 0 saturated carbocycles. The molecule has 1 heterocycles. The zero-order valence-corrected chi connectivity index (χ0v) is 15.9. The van der Waals surface area contributed by atoms with E-state index in [1.54, 1.807) is 7.11 Å². The van der Waals surface area contributed by atoms with Gasteiger partial charge in [-0.05, 0) is 42.4 Å². The van der Waals surface area contributed by atoms with Crippen LogP contribution in [0.1, 0.15) is 11.1 Å². The van der Waals surface area contributed by atoms with Crippen molar-refractivity contribution in [2.24, 2.45) is 0 Å². The van der Waals surface area contributed by atoms with Gasteiger partial charge < -0.3 is 24.1 Å². The van der Waals surface area contributed by atoms with Crippen molar-refractivity contribution in [1.29, 1.82) is 0 Å². The summed E-state index contributed by atoms with van der Waals surface area (Å²) in [6.07, 6.45) is -0.551. The van der Waals surface area contributed by atoms with Crippen LogP contribution in [0.25, 0.3) is 0 Å². The first-order valence-electron chi connectivity index (χ1n) is 9.10. The van der Waals surface area contributed by atoms with E-state index in [1.807, 2.05) is 49.5 Å². The van der Waals surface area contributed by atoms with Gasteiger partial charge in [0, 0.05) is 13.1 Å². The van der Waals surface area contributed by atoms with Crippen molar-refractivity contribution in [2.75, 3.05) is 40.5 Å². The van der Waals surface area contributed by atoms with Crippen molar-refractivity contribution in [3.8, 4) is 17.2 Å². The van der Waals surface area contributed by atoms with E-state index in [4.69, 9.17) is 18.9 Å². The fraction of sp³-hybridized carbons (Fsp3) is 0.429. The van der Waals surface area contributed by atoms with Gasteiger partial charge >= 0.3 is 0 Å². The third-order valence-electron chi connectivity index (χ3n) is 4.32. The SMILES string of the molecule is COc1ccc(COC[C@H](O)CN(C)Cc2ccc3c(c2)OCCO3)cc1. The Labute approximate surface area is 160 Å². The fourth-order valence-electron chi connectivity index (χ4n) is 3.01. The van der Waals surface area contributed by atoms with Crippen LogP contribution in [0.3, 0.4) is 0 Å². The topological polar surface area (TPSA) is 60.4 Å². The number of benzene rings is 2. The van der Waals surface area contributed by atoms with Gasteiger partial charge in [0.2, 0.25) is 0 Å². The van der Waals surface area contributed by atoms with Gasteiger partial charge in [0.1, 0.15) is 19.0 Å². The number of hydrogen-bond donors (Lipinski definition) is 1. The normalized spacial score (nSPS) is 14.2. The Bertz CT molecular complexity index is 719. The Balaban J connectivity index is 1.40. The molecule has 1 aliphatic heterocycles. The maximum Gasteiger partial charge on any atom is 0.161 e. The number of aliphatic hydroxyl groups excluding tert-OH is 1. The summed E-state index contributed by atoms with van der Waals surface area (Å²) in [5.41, 5.74) is 2.17. The highest BCUT2D eigenvalue weighted by molar-refractivity contribution is 5.43. The van der Waals surface area contributed by atoms with E-state index in [0.717, 1.165) is 28.4 Å². The Kier molecular flexibility index (Phi) is 6.92. The lowest BCUT2D eigenvalue weighted by Gasteiger charge is -2.22. The van der Waals surface area contributed by atoms with E-state index in [2.05, 4.69) is 4.90 Å². The van der Waals surface area contributed by atoms with Gasteiger partial charge in [0.25, 0.3) is 0 Å². The van der Waals surface area contributed by atoms with E-state index in [0.29, 0.717) is 32.9 Å². The van der Waals surface area contributed by atoms with Gasteiger partial charge in [0.15, 0.2) is 11.5 Å². The summed E-state index contributed by atoms with van der Waals surface area (Å²) in [6.45, 7) is 3.17. The largest absolute Gasteiger partial charge is 0.497 e. The van der Waals surface area contributed by atoms with E-state index in [9.17, 15) is 5.11 Å². The monoisotopic (exact) mass is 373 g/mol. The van der Waals surface area contributed by atoms with Gasteiger partial charge in [-0.1, -0.05) is 18.2 Å². The van der Waals surface area contributed by atoms with Gasteiger partial charge in [-0.3, -0.25) is 4.90 Å². The molecule has 3 rings (SSSR count). The molecule has 0 bridgehead atoms. The summed E-state index contributed by atoms with van der Waals surface area (Å²) in [6, 6.07) is 13.7. The van der Waals surface area contributed by atoms with E-state index in [1.165, 1.54) is 0 Å². The maximum atomic E-state index is 10.2. The van der Waals surface area contributed by atoms with Crippen LogP contribution >= 0.6 is 0 Å². The van der Waals surface area contributed by atoms with Crippen molar-refractivity contribution in [1.82, 2.24) is 4.90 Å². The Morgan fingerprint density at radius 1 is 1.04 bits per heavy atom. The molecule has 0 aliphatic carbocycles. The molecule has 0 amide bonds. The molecule has 27 heavy (non-hydrogen) atoms. The molecular formula is C21H27NO5. The molecule has 6 heteroatoms. The zero-order chi connectivity index (χ0) is 19.1. The zero-order valence-electron chi connectivity index (χ0n) is 15.9.